The third-order valence-electron chi connectivity index (χ3n) is 4.01. The molecule has 3 rings (SSSR count). The van der Waals surface area contributed by atoms with Gasteiger partial charge in [-0.25, -0.2) is 13.4 Å². The first kappa shape index (κ1) is 14.9. The van der Waals surface area contributed by atoms with Gasteiger partial charge in [-0.3, -0.25) is 4.79 Å². The summed E-state index contributed by atoms with van der Waals surface area (Å²) in [5, 5.41) is 3.41. The number of fused-ring (bicyclic) bond motifs is 1. The van der Waals surface area contributed by atoms with Crippen LogP contribution in [0.3, 0.4) is 0 Å². The highest BCUT2D eigenvalue weighted by atomic mass is 32.2. The molecule has 0 saturated carbocycles. The van der Waals surface area contributed by atoms with E-state index in [1.165, 1.54) is 26.9 Å². The van der Waals surface area contributed by atoms with Gasteiger partial charge in [0.25, 0.3) is 0 Å². The number of sulfonamides is 1. The molecule has 6 nitrogen and oxygen atoms in total. The van der Waals surface area contributed by atoms with Crippen LogP contribution in [0.15, 0.2) is 0 Å². The molecule has 1 atom stereocenters. The molecule has 0 aromatic carbocycles. The molecule has 0 spiro atoms. The summed E-state index contributed by atoms with van der Waals surface area (Å²) in [6.45, 7) is 0.422. The van der Waals surface area contributed by atoms with E-state index in [0.717, 1.165) is 37.6 Å². The molecule has 1 saturated heterocycles. The Labute approximate surface area is 128 Å². The molecule has 2 heterocycles. The molecule has 2 aliphatic rings. The third-order valence-corrected chi connectivity index (χ3v) is 6.37. The van der Waals surface area contributed by atoms with E-state index in [4.69, 9.17) is 0 Å². The number of carbonyl (C=O) groups is 1. The van der Waals surface area contributed by atoms with E-state index in [2.05, 4.69) is 10.3 Å². The summed E-state index contributed by atoms with van der Waals surface area (Å²) in [5.74, 6) is -0.260. The van der Waals surface area contributed by atoms with Gasteiger partial charge in [0.15, 0.2) is 5.13 Å². The molecule has 0 radical (unpaired) electrons. The predicted molar refractivity (Wildman–Crippen MR) is 82.0 cm³/mol. The second kappa shape index (κ2) is 5.66. The molecular formula is C13H19N3O3S2. The van der Waals surface area contributed by atoms with Crippen LogP contribution in [0.2, 0.25) is 0 Å². The highest BCUT2D eigenvalue weighted by Gasteiger charge is 2.36. The molecule has 0 bridgehead atoms. The minimum Gasteiger partial charge on any atom is -0.301 e. The van der Waals surface area contributed by atoms with Crippen molar-refractivity contribution in [2.24, 2.45) is 0 Å². The Morgan fingerprint density at radius 3 is 2.81 bits per heavy atom. The molecule has 0 unspecified atom stereocenters. The highest BCUT2D eigenvalue weighted by molar-refractivity contribution is 7.88. The number of hydrogen-bond donors (Lipinski definition) is 1. The second-order valence-corrected chi connectivity index (χ2v) is 8.64. The fraction of sp³-hybridized carbons (Fsp3) is 0.692. The Morgan fingerprint density at radius 1 is 1.33 bits per heavy atom. The Bertz CT molecular complexity index is 630. The van der Waals surface area contributed by atoms with Gasteiger partial charge in [-0.05, 0) is 38.5 Å². The zero-order chi connectivity index (χ0) is 15.0. The lowest BCUT2D eigenvalue weighted by Crippen LogP contribution is -2.42. The van der Waals surface area contributed by atoms with Crippen LogP contribution in [0.4, 0.5) is 5.13 Å². The van der Waals surface area contributed by atoms with Crippen molar-refractivity contribution in [2.45, 2.75) is 44.6 Å². The Hall–Kier alpha value is -0.990. The topological polar surface area (TPSA) is 79.4 Å². The van der Waals surface area contributed by atoms with E-state index in [-0.39, 0.29) is 5.91 Å². The summed E-state index contributed by atoms with van der Waals surface area (Å²) in [6, 6.07) is -0.596. The van der Waals surface area contributed by atoms with E-state index in [9.17, 15) is 13.2 Å². The number of anilines is 1. The van der Waals surface area contributed by atoms with Crippen LogP contribution in [0.5, 0.6) is 0 Å². The monoisotopic (exact) mass is 329 g/mol. The molecule has 1 aliphatic heterocycles. The molecule has 1 aromatic rings. The molecule has 21 heavy (non-hydrogen) atoms. The van der Waals surface area contributed by atoms with Crippen molar-refractivity contribution in [2.75, 3.05) is 18.1 Å². The van der Waals surface area contributed by atoms with Gasteiger partial charge < -0.3 is 5.32 Å². The van der Waals surface area contributed by atoms with Crippen molar-refractivity contribution in [1.82, 2.24) is 9.29 Å². The summed E-state index contributed by atoms with van der Waals surface area (Å²) < 4.78 is 24.7. The Morgan fingerprint density at radius 2 is 2.10 bits per heavy atom. The normalized spacial score (nSPS) is 23.0. The highest BCUT2D eigenvalue weighted by Crippen LogP contribution is 2.30. The van der Waals surface area contributed by atoms with Gasteiger partial charge in [0.05, 0.1) is 11.9 Å². The van der Waals surface area contributed by atoms with Crippen LogP contribution >= 0.6 is 11.3 Å². The molecular weight excluding hydrogens is 310 g/mol. The van der Waals surface area contributed by atoms with E-state index >= 15 is 0 Å². The quantitative estimate of drug-likeness (QED) is 0.909. The van der Waals surface area contributed by atoms with Crippen LogP contribution in [-0.2, 0) is 27.7 Å². The molecule has 1 N–H and O–H groups in total. The molecule has 116 valence electrons. The number of aromatic nitrogens is 1. The van der Waals surface area contributed by atoms with Crippen LogP contribution in [0.1, 0.15) is 36.3 Å². The summed E-state index contributed by atoms with van der Waals surface area (Å²) in [6.07, 6.45) is 6.77. The van der Waals surface area contributed by atoms with Crippen molar-refractivity contribution in [1.29, 1.82) is 0 Å². The van der Waals surface area contributed by atoms with Crippen molar-refractivity contribution < 1.29 is 13.2 Å². The lowest BCUT2D eigenvalue weighted by atomic mass is 10.0. The molecule has 1 fully saturated rings. The number of nitrogens with one attached hydrogen (secondary N) is 1. The summed E-state index contributed by atoms with van der Waals surface area (Å²) in [5.41, 5.74) is 1.09. The Balaban J connectivity index is 1.72. The van der Waals surface area contributed by atoms with Crippen LogP contribution in [-0.4, -0.2) is 42.5 Å². The zero-order valence-electron chi connectivity index (χ0n) is 12.0. The maximum Gasteiger partial charge on any atom is 0.244 e. The van der Waals surface area contributed by atoms with Crippen molar-refractivity contribution in [3.8, 4) is 0 Å². The first-order valence-electron chi connectivity index (χ1n) is 7.21. The average Bonchev–Trinajstić information content (AvgIpc) is 3.03. The molecule has 1 aromatic heterocycles. The van der Waals surface area contributed by atoms with Crippen molar-refractivity contribution in [3.63, 3.8) is 0 Å². The lowest BCUT2D eigenvalue weighted by molar-refractivity contribution is -0.119. The summed E-state index contributed by atoms with van der Waals surface area (Å²) >= 11 is 1.52. The summed E-state index contributed by atoms with van der Waals surface area (Å²) in [4.78, 5) is 18.1. The number of hydrogen-bond acceptors (Lipinski definition) is 5. The second-order valence-electron chi connectivity index (χ2n) is 5.62. The van der Waals surface area contributed by atoms with Crippen molar-refractivity contribution >= 4 is 32.4 Å². The van der Waals surface area contributed by atoms with E-state index in [1.54, 1.807) is 0 Å². The van der Waals surface area contributed by atoms with E-state index in [1.807, 2.05) is 0 Å². The lowest BCUT2D eigenvalue weighted by Gasteiger charge is -2.20. The average molecular weight is 329 g/mol. The Kier molecular flexibility index (Phi) is 4.02. The van der Waals surface area contributed by atoms with Crippen LogP contribution in [0.25, 0.3) is 0 Å². The summed E-state index contributed by atoms with van der Waals surface area (Å²) in [7, 11) is -3.34. The number of aryl methyl sites for hydroxylation is 2. The van der Waals surface area contributed by atoms with Gasteiger partial charge in [0, 0.05) is 11.4 Å². The van der Waals surface area contributed by atoms with E-state index in [0.29, 0.717) is 18.1 Å². The maximum atomic E-state index is 12.3. The van der Waals surface area contributed by atoms with Crippen molar-refractivity contribution in [3.05, 3.63) is 10.6 Å². The third kappa shape index (κ3) is 3.12. The van der Waals surface area contributed by atoms with Gasteiger partial charge in [-0.1, -0.05) is 0 Å². The van der Waals surface area contributed by atoms with Gasteiger partial charge in [0.2, 0.25) is 15.9 Å². The molecule has 1 amide bonds. The number of nitrogens with zero attached hydrogens (tertiary/aromatic N) is 2. The molecule has 8 heteroatoms. The predicted octanol–water partition coefficient (Wildman–Crippen LogP) is 1.38. The standard InChI is InChI=1S/C13H19N3O3S2/c1-21(18,19)16-8-4-6-10(16)12(17)15-13-14-9-5-2-3-7-11(9)20-13/h10H,2-8H2,1H3,(H,14,15,17)/t10-/m0/s1. The smallest absolute Gasteiger partial charge is 0.244 e. The number of rotatable bonds is 3. The SMILES string of the molecule is CS(=O)(=O)N1CCC[C@H]1C(=O)Nc1nc2c(s1)CCCC2. The number of carbonyl (C=O) groups excluding carboxylic acids is 1. The minimum atomic E-state index is -3.34. The van der Waals surface area contributed by atoms with Gasteiger partial charge in [-0.15, -0.1) is 11.3 Å². The van der Waals surface area contributed by atoms with Crippen LogP contribution in [0, 0.1) is 0 Å². The first-order valence-corrected chi connectivity index (χ1v) is 9.88. The number of amides is 1. The largest absolute Gasteiger partial charge is 0.301 e. The van der Waals surface area contributed by atoms with Gasteiger partial charge in [0.1, 0.15) is 6.04 Å². The van der Waals surface area contributed by atoms with Gasteiger partial charge in [-0.2, -0.15) is 4.31 Å². The minimum absolute atomic E-state index is 0.260. The zero-order valence-corrected chi connectivity index (χ0v) is 13.6. The maximum absolute atomic E-state index is 12.3. The van der Waals surface area contributed by atoms with Crippen LogP contribution < -0.4 is 5.32 Å². The molecule has 1 aliphatic carbocycles. The number of thiazole rings is 1. The van der Waals surface area contributed by atoms with Gasteiger partial charge >= 0.3 is 0 Å². The fourth-order valence-corrected chi connectivity index (χ4v) is 5.17. The fourth-order valence-electron chi connectivity index (χ4n) is 2.99. The van der Waals surface area contributed by atoms with E-state index < -0.39 is 16.1 Å². The first-order chi connectivity index (χ1) is 9.95.